The van der Waals surface area contributed by atoms with E-state index in [0.717, 1.165) is 44.5 Å². The number of carbonyl (C=O) groups excluding carboxylic acids is 1. The molecular weight excluding hydrogens is 328 g/mol. The van der Waals surface area contributed by atoms with Gasteiger partial charge in [0.2, 0.25) is 0 Å². The molecule has 1 aliphatic rings. The second kappa shape index (κ2) is 7.27. The highest BCUT2D eigenvalue weighted by Gasteiger charge is 2.19. The Morgan fingerprint density at radius 3 is 2.84 bits per heavy atom. The van der Waals surface area contributed by atoms with Crippen molar-refractivity contribution in [2.75, 3.05) is 38.1 Å². The standard InChI is InChI=1S/C14H18BrClN2O/c15-5-8-17-6-2-7-18(10-9-17)14(19)12-3-1-4-13(16)11-12/h1,3-4,11H,2,5-10H2. The molecule has 0 atom stereocenters. The van der Waals surface area contributed by atoms with Gasteiger partial charge < -0.3 is 9.80 Å². The van der Waals surface area contributed by atoms with Crippen LogP contribution < -0.4 is 0 Å². The predicted molar refractivity (Wildman–Crippen MR) is 82.2 cm³/mol. The first-order chi connectivity index (χ1) is 9.20. The van der Waals surface area contributed by atoms with Crippen LogP contribution in [0.4, 0.5) is 0 Å². The Hall–Kier alpha value is -0.580. The number of alkyl halides is 1. The minimum Gasteiger partial charge on any atom is -0.337 e. The minimum atomic E-state index is 0.0863. The fraction of sp³-hybridized carbons (Fsp3) is 0.500. The van der Waals surface area contributed by atoms with Gasteiger partial charge >= 0.3 is 0 Å². The highest BCUT2D eigenvalue weighted by atomic mass is 79.9. The number of hydrogen-bond donors (Lipinski definition) is 0. The summed E-state index contributed by atoms with van der Waals surface area (Å²) in [5.41, 5.74) is 0.682. The van der Waals surface area contributed by atoms with Gasteiger partial charge in [-0.15, -0.1) is 0 Å². The fourth-order valence-electron chi connectivity index (χ4n) is 2.32. The fourth-order valence-corrected chi connectivity index (χ4v) is 3.01. The predicted octanol–water partition coefficient (Wildman–Crippen LogP) is 2.88. The summed E-state index contributed by atoms with van der Waals surface area (Å²) in [5.74, 6) is 0.0863. The molecule has 0 aromatic heterocycles. The molecule has 104 valence electrons. The van der Waals surface area contributed by atoms with Crippen LogP contribution in [0.5, 0.6) is 0 Å². The van der Waals surface area contributed by atoms with Crippen molar-refractivity contribution in [3.05, 3.63) is 34.9 Å². The van der Waals surface area contributed by atoms with Gasteiger partial charge in [0, 0.05) is 42.1 Å². The van der Waals surface area contributed by atoms with Gasteiger partial charge in [-0.25, -0.2) is 0 Å². The van der Waals surface area contributed by atoms with Crippen LogP contribution in [0.3, 0.4) is 0 Å². The molecule has 1 aromatic carbocycles. The van der Waals surface area contributed by atoms with Gasteiger partial charge in [0.25, 0.3) is 5.91 Å². The maximum atomic E-state index is 12.4. The summed E-state index contributed by atoms with van der Waals surface area (Å²) in [6.07, 6.45) is 1.03. The summed E-state index contributed by atoms with van der Waals surface area (Å²) in [6, 6.07) is 7.18. The Morgan fingerprint density at radius 2 is 2.11 bits per heavy atom. The van der Waals surface area contributed by atoms with E-state index in [0.29, 0.717) is 10.6 Å². The van der Waals surface area contributed by atoms with Crippen LogP contribution in [-0.4, -0.2) is 53.8 Å². The third-order valence-electron chi connectivity index (χ3n) is 3.35. The maximum Gasteiger partial charge on any atom is 0.253 e. The summed E-state index contributed by atoms with van der Waals surface area (Å²) < 4.78 is 0. The lowest BCUT2D eigenvalue weighted by Gasteiger charge is -2.21. The van der Waals surface area contributed by atoms with Gasteiger partial charge in [0.05, 0.1) is 0 Å². The molecule has 2 rings (SSSR count). The van der Waals surface area contributed by atoms with E-state index in [1.54, 1.807) is 12.1 Å². The van der Waals surface area contributed by atoms with Crippen molar-refractivity contribution in [2.24, 2.45) is 0 Å². The van der Waals surface area contributed by atoms with E-state index < -0.39 is 0 Å². The van der Waals surface area contributed by atoms with Crippen molar-refractivity contribution in [3.8, 4) is 0 Å². The van der Waals surface area contributed by atoms with E-state index in [2.05, 4.69) is 20.8 Å². The molecule has 0 aliphatic carbocycles. The molecule has 3 nitrogen and oxygen atoms in total. The number of benzene rings is 1. The van der Waals surface area contributed by atoms with Crippen molar-refractivity contribution < 1.29 is 4.79 Å². The lowest BCUT2D eigenvalue weighted by Crippen LogP contribution is -2.35. The van der Waals surface area contributed by atoms with Crippen LogP contribution in [-0.2, 0) is 0 Å². The van der Waals surface area contributed by atoms with Crippen LogP contribution in [0.25, 0.3) is 0 Å². The van der Waals surface area contributed by atoms with E-state index in [-0.39, 0.29) is 5.91 Å². The van der Waals surface area contributed by atoms with Gasteiger partial charge in [-0.3, -0.25) is 4.79 Å². The second-order valence-corrected chi connectivity index (χ2v) is 5.92. The van der Waals surface area contributed by atoms with Gasteiger partial charge in [0.1, 0.15) is 0 Å². The third-order valence-corrected chi connectivity index (χ3v) is 3.94. The number of rotatable bonds is 3. The van der Waals surface area contributed by atoms with Crippen molar-refractivity contribution in [2.45, 2.75) is 6.42 Å². The SMILES string of the molecule is O=C(c1cccc(Cl)c1)N1CCCN(CCBr)CC1. The Bertz CT molecular complexity index is 441. The smallest absolute Gasteiger partial charge is 0.253 e. The zero-order valence-corrected chi connectivity index (χ0v) is 13.2. The Balaban J connectivity index is 2.00. The summed E-state index contributed by atoms with van der Waals surface area (Å²) in [5, 5.41) is 1.59. The van der Waals surface area contributed by atoms with E-state index >= 15 is 0 Å². The van der Waals surface area contributed by atoms with Crippen LogP contribution in [0.2, 0.25) is 5.02 Å². The zero-order chi connectivity index (χ0) is 13.7. The Morgan fingerprint density at radius 1 is 1.26 bits per heavy atom. The molecule has 1 aliphatic heterocycles. The van der Waals surface area contributed by atoms with Gasteiger partial charge in [0.15, 0.2) is 0 Å². The van der Waals surface area contributed by atoms with Crippen molar-refractivity contribution in [3.63, 3.8) is 0 Å². The van der Waals surface area contributed by atoms with E-state index in [1.807, 2.05) is 17.0 Å². The first-order valence-corrected chi connectivity index (χ1v) is 8.04. The van der Waals surface area contributed by atoms with Gasteiger partial charge in [-0.1, -0.05) is 33.6 Å². The average Bonchev–Trinajstić information content (AvgIpc) is 2.64. The normalized spacial score (nSPS) is 17.3. The van der Waals surface area contributed by atoms with Crippen LogP contribution in [0.1, 0.15) is 16.8 Å². The number of hydrogen-bond acceptors (Lipinski definition) is 2. The number of amides is 1. The minimum absolute atomic E-state index is 0.0863. The molecule has 1 amide bonds. The number of carbonyl (C=O) groups is 1. The van der Waals surface area contributed by atoms with E-state index in [1.165, 1.54) is 0 Å². The lowest BCUT2D eigenvalue weighted by atomic mass is 10.2. The molecule has 0 unspecified atom stereocenters. The van der Waals surface area contributed by atoms with Crippen LogP contribution in [0, 0.1) is 0 Å². The summed E-state index contributed by atoms with van der Waals surface area (Å²) in [6.45, 7) is 4.66. The molecule has 1 aromatic rings. The molecule has 1 saturated heterocycles. The van der Waals surface area contributed by atoms with Crippen LogP contribution in [0.15, 0.2) is 24.3 Å². The number of halogens is 2. The molecule has 0 spiro atoms. The number of nitrogens with zero attached hydrogens (tertiary/aromatic N) is 2. The Kier molecular flexibility index (Phi) is 5.67. The highest BCUT2D eigenvalue weighted by molar-refractivity contribution is 9.09. The monoisotopic (exact) mass is 344 g/mol. The first-order valence-electron chi connectivity index (χ1n) is 6.54. The summed E-state index contributed by atoms with van der Waals surface area (Å²) >= 11 is 9.40. The van der Waals surface area contributed by atoms with Gasteiger partial charge in [-0.2, -0.15) is 0 Å². The zero-order valence-electron chi connectivity index (χ0n) is 10.8. The molecular formula is C14H18BrClN2O. The first kappa shape index (κ1) is 14.8. The Labute approximate surface area is 127 Å². The summed E-state index contributed by atoms with van der Waals surface area (Å²) in [7, 11) is 0. The van der Waals surface area contributed by atoms with Crippen molar-refractivity contribution in [1.82, 2.24) is 9.80 Å². The molecule has 19 heavy (non-hydrogen) atoms. The molecule has 0 saturated carbocycles. The highest BCUT2D eigenvalue weighted by Crippen LogP contribution is 2.14. The topological polar surface area (TPSA) is 23.6 Å². The molecule has 0 radical (unpaired) electrons. The molecule has 0 bridgehead atoms. The molecule has 1 heterocycles. The summed E-state index contributed by atoms with van der Waals surface area (Å²) in [4.78, 5) is 16.7. The van der Waals surface area contributed by atoms with Crippen LogP contribution >= 0.6 is 27.5 Å². The quantitative estimate of drug-likeness (QED) is 0.787. The second-order valence-electron chi connectivity index (χ2n) is 4.69. The van der Waals surface area contributed by atoms with E-state index in [4.69, 9.17) is 11.6 Å². The van der Waals surface area contributed by atoms with Crippen molar-refractivity contribution in [1.29, 1.82) is 0 Å². The molecule has 0 N–H and O–H groups in total. The molecule has 5 heteroatoms. The maximum absolute atomic E-state index is 12.4. The van der Waals surface area contributed by atoms with Crippen molar-refractivity contribution >= 4 is 33.4 Å². The largest absolute Gasteiger partial charge is 0.337 e. The molecule has 1 fully saturated rings. The third kappa shape index (κ3) is 4.20. The van der Waals surface area contributed by atoms with E-state index in [9.17, 15) is 4.79 Å². The average molecular weight is 346 g/mol. The van der Waals surface area contributed by atoms with Gasteiger partial charge in [-0.05, 0) is 31.2 Å². The lowest BCUT2D eigenvalue weighted by molar-refractivity contribution is 0.0762.